The maximum Gasteiger partial charge on any atom is 0.0456 e. The van der Waals surface area contributed by atoms with Gasteiger partial charge in [-0.2, -0.15) is 0 Å². The van der Waals surface area contributed by atoms with E-state index in [1.54, 1.807) is 0 Å². The molecule has 94 valence electrons. The third-order valence-electron chi connectivity index (χ3n) is 3.09. The molecule has 0 saturated carbocycles. The first-order chi connectivity index (χ1) is 8.56. The van der Waals surface area contributed by atoms with Gasteiger partial charge in [-0.1, -0.05) is 53.6 Å². The van der Waals surface area contributed by atoms with Crippen LogP contribution in [0.5, 0.6) is 0 Å². The molecule has 0 aromatic heterocycles. The first kappa shape index (κ1) is 13.1. The number of benzene rings is 2. The molecule has 1 atom stereocenters. The van der Waals surface area contributed by atoms with E-state index in [2.05, 4.69) is 37.3 Å². The molecular weight excluding hydrogens is 242 g/mol. The summed E-state index contributed by atoms with van der Waals surface area (Å²) in [6.45, 7) is 4.12. The van der Waals surface area contributed by atoms with E-state index < -0.39 is 0 Å². The summed E-state index contributed by atoms with van der Waals surface area (Å²) in [4.78, 5) is 0. The minimum absolute atomic E-state index is 0.0556. The van der Waals surface area contributed by atoms with Crippen molar-refractivity contribution in [3.05, 3.63) is 69.7 Å². The molecule has 2 heteroatoms. The van der Waals surface area contributed by atoms with Gasteiger partial charge in [-0.15, -0.1) is 0 Å². The Morgan fingerprint density at radius 1 is 1.06 bits per heavy atom. The summed E-state index contributed by atoms with van der Waals surface area (Å²) in [7, 11) is 0. The topological polar surface area (TPSA) is 26.0 Å². The van der Waals surface area contributed by atoms with Gasteiger partial charge in [0.1, 0.15) is 0 Å². The Morgan fingerprint density at radius 3 is 2.44 bits per heavy atom. The molecule has 0 aliphatic carbocycles. The van der Waals surface area contributed by atoms with Crippen LogP contribution in [0.1, 0.15) is 28.3 Å². The van der Waals surface area contributed by atoms with E-state index in [4.69, 9.17) is 17.3 Å². The number of aryl methyl sites for hydroxylation is 2. The van der Waals surface area contributed by atoms with Crippen LogP contribution in [0.3, 0.4) is 0 Å². The molecule has 2 aromatic carbocycles. The zero-order chi connectivity index (χ0) is 13.1. The molecule has 2 rings (SSSR count). The van der Waals surface area contributed by atoms with Gasteiger partial charge in [0.25, 0.3) is 0 Å². The van der Waals surface area contributed by atoms with Crippen molar-refractivity contribution in [2.45, 2.75) is 26.3 Å². The second-order valence-corrected chi connectivity index (χ2v) is 5.23. The molecule has 0 radical (unpaired) electrons. The standard InChI is InChI=1S/C16H18ClN/c1-11-4-3-5-13(8-11)10-16(18)14-7-6-12(2)9-15(14)17/h3-9,16H,10,18H2,1-2H3. The highest BCUT2D eigenvalue weighted by Gasteiger charge is 2.11. The van der Waals surface area contributed by atoms with E-state index in [-0.39, 0.29) is 6.04 Å². The predicted molar refractivity (Wildman–Crippen MR) is 78.0 cm³/mol. The predicted octanol–water partition coefficient (Wildman–Crippen LogP) is 4.20. The number of nitrogens with two attached hydrogens (primary N) is 1. The number of hydrogen-bond donors (Lipinski definition) is 1. The van der Waals surface area contributed by atoms with Crippen LogP contribution >= 0.6 is 11.6 Å². The summed E-state index contributed by atoms with van der Waals surface area (Å²) < 4.78 is 0. The molecule has 0 spiro atoms. The van der Waals surface area contributed by atoms with Crippen molar-refractivity contribution in [2.24, 2.45) is 5.73 Å². The molecule has 2 aromatic rings. The highest BCUT2D eigenvalue weighted by molar-refractivity contribution is 6.31. The molecule has 18 heavy (non-hydrogen) atoms. The normalized spacial score (nSPS) is 12.4. The summed E-state index contributed by atoms with van der Waals surface area (Å²) in [6, 6.07) is 14.4. The van der Waals surface area contributed by atoms with Gasteiger partial charge in [0.15, 0.2) is 0 Å². The fourth-order valence-electron chi connectivity index (χ4n) is 2.14. The van der Waals surface area contributed by atoms with Crippen molar-refractivity contribution in [2.75, 3.05) is 0 Å². The van der Waals surface area contributed by atoms with E-state index in [0.717, 1.165) is 22.6 Å². The Morgan fingerprint density at radius 2 is 1.78 bits per heavy atom. The third kappa shape index (κ3) is 3.12. The highest BCUT2D eigenvalue weighted by Crippen LogP contribution is 2.25. The van der Waals surface area contributed by atoms with Gasteiger partial charge >= 0.3 is 0 Å². The zero-order valence-corrected chi connectivity index (χ0v) is 11.5. The largest absolute Gasteiger partial charge is 0.324 e. The van der Waals surface area contributed by atoms with Crippen LogP contribution in [-0.4, -0.2) is 0 Å². The molecule has 0 aliphatic heterocycles. The summed E-state index contributed by atoms with van der Waals surface area (Å²) in [5.74, 6) is 0. The fraction of sp³-hybridized carbons (Fsp3) is 0.250. The van der Waals surface area contributed by atoms with Gasteiger partial charge in [-0.3, -0.25) is 0 Å². The van der Waals surface area contributed by atoms with Crippen LogP contribution in [-0.2, 0) is 6.42 Å². The summed E-state index contributed by atoms with van der Waals surface area (Å²) in [5, 5.41) is 0.759. The molecule has 0 aliphatic rings. The summed E-state index contributed by atoms with van der Waals surface area (Å²) in [5.41, 5.74) is 10.9. The van der Waals surface area contributed by atoms with Gasteiger partial charge in [0.05, 0.1) is 0 Å². The molecule has 2 N–H and O–H groups in total. The van der Waals surface area contributed by atoms with Crippen LogP contribution in [0.25, 0.3) is 0 Å². The van der Waals surface area contributed by atoms with Crippen molar-refractivity contribution in [3.8, 4) is 0 Å². The molecule has 0 bridgehead atoms. The van der Waals surface area contributed by atoms with Crippen LogP contribution in [0.15, 0.2) is 42.5 Å². The minimum Gasteiger partial charge on any atom is -0.324 e. The Kier molecular flexibility index (Phi) is 4.05. The lowest BCUT2D eigenvalue weighted by Crippen LogP contribution is -2.14. The SMILES string of the molecule is Cc1cccc(CC(N)c2ccc(C)cc2Cl)c1. The summed E-state index contributed by atoms with van der Waals surface area (Å²) in [6.07, 6.45) is 0.810. The number of halogens is 1. The number of rotatable bonds is 3. The monoisotopic (exact) mass is 259 g/mol. The maximum atomic E-state index is 6.24. The first-order valence-corrected chi connectivity index (χ1v) is 6.51. The van der Waals surface area contributed by atoms with Gasteiger partial charge in [0, 0.05) is 11.1 Å². The summed E-state index contributed by atoms with van der Waals surface area (Å²) >= 11 is 6.24. The Balaban J connectivity index is 2.19. The Hall–Kier alpha value is -1.31. The smallest absolute Gasteiger partial charge is 0.0456 e. The molecule has 1 nitrogen and oxygen atoms in total. The molecule has 0 heterocycles. The Bertz CT molecular complexity index is 549. The van der Waals surface area contributed by atoms with E-state index in [1.807, 2.05) is 19.1 Å². The quantitative estimate of drug-likeness (QED) is 0.878. The second kappa shape index (κ2) is 5.55. The zero-order valence-electron chi connectivity index (χ0n) is 10.8. The molecule has 1 unspecified atom stereocenters. The lowest BCUT2D eigenvalue weighted by molar-refractivity contribution is 0.721. The van der Waals surface area contributed by atoms with Crippen molar-refractivity contribution in [3.63, 3.8) is 0 Å². The van der Waals surface area contributed by atoms with Crippen LogP contribution in [0.4, 0.5) is 0 Å². The Labute approximate surface area is 114 Å². The van der Waals surface area contributed by atoms with Gasteiger partial charge in [0.2, 0.25) is 0 Å². The van der Waals surface area contributed by atoms with Crippen LogP contribution < -0.4 is 5.73 Å². The van der Waals surface area contributed by atoms with Gasteiger partial charge < -0.3 is 5.73 Å². The lowest BCUT2D eigenvalue weighted by atomic mass is 9.98. The highest BCUT2D eigenvalue weighted by atomic mass is 35.5. The number of hydrogen-bond acceptors (Lipinski definition) is 1. The second-order valence-electron chi connectivity index (χ2n) is 4.82. The van der Waals surface area contributed by atoms with Crippen molar-refractivity contribution < 1.29 is 0 Å². The maximum absolute atomic E-state index is 6.24. The average molecular weight is 260 g/mol. The van der Waals surface area contributed by atoms with Crippen LogP contribution in [0, 0.1) is 13.8 Å². The van der Waals surface area contributed by atoms with Crippen LogP contribution in [0.2, 0.25) is 5.02 Å². The van der Waals surface area contributed by atoms with E-state index in [1.165, 1.54) is 11.1 Å². The van der Waals surface area contributed by atoms with E-state index in [0.29, 0.717) is 0 Å². The first-order valence-electron chi connectivity index (χ1n) is 6.13. The average Bonchev–Trinajstić information content (AvgIpc) is 2.28. The van der Waals surface area contributed by atoms with E-state index >= 15 is 0 Å². The lowest BCUT2D eigenvalue weighted by Gasteiger charge is -2.14. The van der Waals surface area contributed by atoms with Crippen molar-refractivity contribution >= 4 is 11.6 Å². The third-order valence-corrected chi connectivity index (χ3v) is 3.42. The molecule has 0 fully saturated rings. The van der Waals surface area contributed by atoms with Crippen molar-refractivity contribution in [1.82, 2.24) is 0 Å². The van der Waals surface area contributed by atoms with Gasteiger partial charge in [-0.25, -0.2) is 0 Å². The fourth-order valence-corrected chi connectivity index (χ4v) is 2.51. The van der Waals surface area contributed by atoms with Crippen molar-refractivity contribution in [1.29, 1.82) is 0 Å². The molecule has 0 saturated heterocycles. The molecular formula is C16H18ClN. The van der Waals surface area contributed by atoms with Gasteiger partial charge in [-0.05, 0) is 43.0 Å². The van der Waals surface area contributed by atoms with E-state index in [9.17, 15) is 0 Å². The molecule has 0 amide bonds. The minimum atomic E-state index is -0.0556.